The fourth-order valence-electron chi connectivity index (χ4n) is 2.60. The molecular weight excluding hydrogens is 305 g/mol. The first-order chi connectivity index (χ1) is 10.5. The van der Waals surface area contributed by atoms with Crippen LogP contribution in [-0.2, 0) is 4.79 Å². The molecule has 120 valence electrons. The van der Waals surface area contributed by atoms with E-state index in [9.17, 15) is 14.3 Å². The molecule has 3 atom stereocenters. The molecule has 3 nitrogen and oxygen atoms in total. The molecule has 0 aromatic heterocycles. The predicted octanol–water partition coefficient (Wildman–Crippen LogP) is 3.28. The molecule has 0 saturated carbocycles. The highest BCUT2D eigenvalue weighted by Crippen LogP contribution is 2.36. The number of halogens is 2. The molecule has 0 aliphatic carbocycles. The van der Waals surface area contributed by atoms with E-state index in [1.807, 2.05) is 26.0 Å². The van der Waals surface area contributed by atoms with Gasteiger partial charge < -0.3 is 10.0 Å². The topological polar surface area (TPSA) is 40.5 Å². The van der Waals surface area contributed by atoms with Gasteiger partial charge >= 0.3 is 0 Å². The zero-order valence-corrected chi connectivity index (χ0v) is 13.6. The van der Waals surface area contributed by atoms with Crippen LogP contribution in [-0.4, -0.2) is 34.4 Å². The lowest BCUT2D eigenvalue weighted by molar-refractivity contribution is -0.143. The van der Waals surface area contributed by atoms with Crippen molar-refractivity contribution in [3.63, 3.8) is 0 Å². The Labute approximate surface area is 135 Å². The van der Waals surface area contributed by atoms with Gasteiger partial charge in [0.15, 0.2) is 0 Å². The first-order valence-corrected chi connectivity index (χ1v) is 7.93. The van der Waals surface area contributed by atoms with Gasteiger partial charge in [-0.15, -0.1) is 11.6 Å². The predicted molar refractivity (Wildman–Crippen MR) is 85.1 cm³/mol. The first kappa shape index (κ1) is 17.0. The number of nitrogens with zero attached hydrogens (tertiary/aromatic N) is 1. The molecule has 1 heterocycles. The molecule has 1 amide bonds. The average Bonchev–Trinajstić information content (AvgIpc) is 2.97. The summed E-state index contributed by atoms with van der Waals surface area (Å²) in [6.45, 7) is 3.60. The highest BCUT2D eigenvalue weighted by molar-refractivity contribution is 6.20. The highest BCUT2D eigenvalue weighted by atomic mass is 35.5. The van der Waals surface area contributed by atoms with Crippen molar-refractivity contribution in [3.05, 3.63) is 47.8 Å². The van der Waals surface area contributed by atoms with Crippen molar-refractivity contribution in [2.75, 3.05) is 12.5 Å². The maximum absolute atomic E-state index is 13.1. The van der Waals surface area contributed by atoms with Crippen LogP contribution in [0.5, 0.6) is 0 Å². The fraction of sp³-hybridized carbons (Fsp3) is 0.471. The average molecular weight is 326 g/mol. The fourth-order valence-corrected chi connectivity index (χ4v) is 2.90. The number of hydrogen-bond donors (Lipinski definition) is 1. The summed E-state index contributed by atoms with van der Waals surface area (Å²) in [4.78, 5) is 14.6. The second-order valence-corrected chi connectivity index (χ2v) is 6.16. The van der Waals surface area contributed by atoms with Crippen LogP contribution in [0.2, 0.25) is 0 Å². The van der Waals surface area contributed by atoms with Crippen molar-refractivity contribution in [3.8, 4) is 0 Å². The lowest BCUT2D eigenvalue weighted by Crippen LogP contribution is -2.48. The quantitative estimate of drug-likeness (QED) is 0.666. The number of carbonyl (C=O) groups excluding carboxylic acids is 1. The summed E-state index contributed by atoms with van der Waals surface area (Å²) in [5, 5.41) is 9.57. The minimum absolute atomic E-state index is 0.0941. The van der Waals surface area contributed by atoms with E-state index in [1.165, 1.54) is 12.1 Å². The first-order valence-electron chi connectivity index (χ1n) is 7.40. The number of benzene rings is 1. The van der Waals surface area contributed by atoms with Crippen molar-refractivity contribution in [2.45, 2.75) is 32.4 Å². The molecule has 0 saturated heterocycles. The molecule has 1 unspecified atom stereocenters. The maximum Gasteiger partial charge on any atom is 0.231 e. The minimum Gasteiger partial charge on any atom is -0.394 e. The van der Waals surface area contributed by atoms with Gasteiger partial charge in [-0.05, 0) is 31.0 Å². The van der Waals surface area contributed by atoms with Crippen LogP contribution in [0.3, 0.4) is 0 Å². The molecule has 1 N–H and O–H groups in total. The Morgan fingerprint density at radius 2 is 2.00 bits per heavy atom. The van der Waals surface area contributed by atoms with E-state index in [0.29, 0.717) is 6.42 Å². The number of amides is 1. The molecule has 0 radical (unpaired) electrons. The summed E-state index contributed by atoms with van der Waals surface area (Å²) >= 11 is 6.01. The standard InChI is InChI=1S/C17H21ClFNO2/c1-3-17(2,11-18)16(22)20-14(10-21)8-9-15(20)12-4-6-13(19)7-5-12/h4-9,14-15,21H,3,10-11H2,1-2H3/t14-,15+,17?/m1/s1. The molecule has 1 aliphatic rings. The van der Waals surface area contributed by atoms with Gasteiger partial charge in [0, 0.05) is 5.88 Å². The van der Waals surface area contributed by atoms with Gasteiger partial charge in [0.05, 0.1) is 24.1 Å². The Hall–Kier alpha value is -1.39. The highest BCUT2D eigenvalue weighted by Gasteiger charge is 2.41. The Balaban J connectivity index is 2.36. The van der Waals surface area contributed by atoms with Crippen LogP contribution in [0.4, 0.5) is 4.39 Å². The monoisotopic (exact) mass is 325 g/mol. The Kier molecular flexibility index (Phi) is 5.24. The molecule has 1 aromatic carbocycles. The second-order valence-electron chi connectivity index (χ2n) is 5.89. The number of carbonyl (C=O) groups is 1. The van der Waals surface area contributed by atoms with Crippen LogP contribution >= 0.6 is 11.6 Å². The summed E-state index contributed by atoms with van der Waals surface area (Å²) in [7, 11) is 0. The zero-order chi connectivity index (χ0) is 16.3. The van der Waals surface area contributed by atoms with E-state index >= 15 is 0 Å². The molecule has 1 aliphatic heterocycles. The molecule has 2 rings (SSSR count). The van der Waals surface area contributed by atoms with E-state index < -0.39 is 5.41 Å². The lowest BCUT2D eigenvalue weighted by atomic mass is 9.87. The van der Waals surface area contributed by atoms with Gasteiger partial charge in [-0.25, -0.2) is 4.39 Å². The van der Waals surface area contributed by atoms with E-state index in [4.69, 9.17) is 11.6 Å². The van der Waals surface area contributed by atoms with Gasteiger partial charge in [-0.2, -0.15) is 0 Å². The van der Waals surface area contributed by atoms with Crippen LogP contribution < -0.4 is 0 Å². The summed E-state index contributed by atoms with van der Waals surface area (Å²) in [5.41, 5.74) is 0.134. The van der Waals surface area contributed by atoms with Gasteiger partial charge in [0.1, 0.15) is 5.82 Å². The zero-order valence-electron chi connectivity index (χ0n) is 12.8. The SMILES string of the molecule is CCC(C)(CCl)C(=O)N1[C@@H](CO)C=C[C@H]1c1ccc(F)cc1. The van der Waals surface area contributed by atoms with Crippen molar-refractivity contribution < 1.29 is 14.3 Å². The van der Waals surface area contributed by atoms with Crippen LogP contribution in [0.15, 0.2) is 36.4 Å². The number of hydrogen-bond acceptors (Lipinski definition) is 2. The Morgan fingerprint density at radius 3 is 2.50 bits per heavy atom. The maximum atomic E-state index is 13.1. The largest absolute Gasteiger partial charge is 0.394 e. The normalized spacial score (nSPS) is 23.6. The summed E-state index contributed by atoms with van der Waals surface area (Å²) in [6.07, 6.45) is 4.30. The summed E-state index contributed by atoms with van der Waals surface area (Å²) < 4.78 is 13.1. The molecule has 1 aromatic rings. The van der Waals surface area contributed by atoms with Gasteiger partial charge in [0.2, 0.25) is 5.91 Å². The number of aliphatic hydroxyl groups is 1. The number of alkyl halides is 1. The van der Waals surface area contributed by atoms with Crippen LogP contribution in [0.1, 0.15) is 31.9 Å². The summed E-state index contributed by atoms with van der Waals surface area (Å²) in [5.74, 6) is -0.197. The third-order valence-electron chi connectivity index (χ3n) is 4.40. The van der Waals surface area contributed by atoms with Crippen molar-refractivity contribution in [1.82, 2.24) is 4.90 Å². The van der Waals surface area contributed by atoms with Gasteiger partial charge in [0.25, 0.3) is 0 Å². The third kappa shape index (κ3) is 3.03. The molecule has 0 fully saturated rings. The summed E-state index contributed by atoms with van der Waals surface area (Å²) in [6, 6.07) is 5.39. The van der Waals surface area contributed by atoms with E-state index in [2.05, 4.69) is 0 Å². The Bertz CT molecular complexity index is 554. The minimum atomic E-state index is -0.681. The lowest BCUT2D eigenvalue weighted by Gasteiger charge is -2.37. The Morgan fingerprint density at radius 1 is 1.36 bits per heavy atom. The number of aliphatic hydroxyl groups excluding tert-OH is 1. The van der Waals surface area contributed by atoms with Crippen molar-refractivity contribution in [2.24, 2.45) is 5.41 Å². The molecule has 5 heteroatoms. The van der Waals surface area contributed by atoms with E-state index in [0.717, 1.165) is 5.56 Å². The van der Waals surface area contributed by atoms with Crippen LogP contribution in [0, 0.1) is 11.2 Å². The van der Waals surface area contributed by atoms with Crippen LogP contribution in [0.25, 0.3) is 0 Å². The second kappa shape index (κ2) is 6.80. The van der Waals surface area contributed by atoms with E-state index in [1.54, 1.807) is 17.0 Å². The molecule has 0 spiro atoms. The third-order valence-corrected chi connectivity index (χ3v) is 4.99. The molecule has 22 heavy (non-hydrogen) atoms. The molecular formula is C17H21ClFNO2. The van der Waals surface area contributed by atoms with Crippen molar-refractivity contribution >= 4 is 17.5 Å². The van der Waals surface area contributed by atoms with Crippen molar-refractivity contribution in [1.29, 1.82) is 0 Å². The van der Waals surface area contributed by atoms with Gasteiger partial charge in [-0.3, -0.25) is 4.79 Å². The smallest absolute Gasteiger partial charge is 0.231 e. The number of rotatable bonds is 5. The van der Waals surface area contributed by atoms with Gasteiger partial charge in [-0.1, -0.05) is 31.2 Å². The molecule has 0 bridgehead atoms. The van der Waals surface area contributed by atoms with E-state index in [-0.39, 0.29) is 36.3 Å².